The summed E-state index contributed by atoms with van der Waals surface area (Å²) >= 11 is 1.72. The number of methoxy groups -OCH3 is 4. The zero-order valence-corrected chi connectivity index (χ0v) is 33.4. The Kier molecular flexibility index (Phi) is 13.2. The van der Waals surface area contributed by atoms with E-state index in [-0.39, 0.29) is 0 Å². The van der Waals surface area contributed by atoms with Gasteiger partial charge in [-0.3, -0.25) is 0 Å². The third-order valence-corrected chi connectivity index (χ3v) is 11.1. The molecular formula is C44H50N4O7S. The second-order valence-electron chi connectivity index (χ2n) is 13.7. The lowest BCUT2D eigenvalue weighted by atomic mass is 10.1. The summed E-state index contributed by atoms with van der Waals surface area (Å²) in [5, 5.41) is 5.34. The monoisotopic (exact) mass is 778 g/mol. The van der Waals surface area contributed by atoms with Crippen molar-refractivity contribution >= 4 is 21.6 Å². The first-order chi connectivity index (χ1) is 27.5. The highest BCUT2D eigenvalue weighted by Crippen LogP contribution is 2.42. The molecule has 1 aliphatic heterocycles. The maximum absolute atomic E-state index is 6.23. The van der Waals surface area contributed by atoms with Gasteiger partial charge in [0.15, 0.2) is 28.8 Å². The summed E-state index contributed by atoms with van der Waals surface area (Å²) in [7, 11) is 6.40. The van der Waals surface area contributed by atoms with E-state index in [9.17, 15) is 0 Å². The molecule has 0 spiro atoms. The summed E-state index contributed by atoms with van der Waals surface area (Å²) in [6.45, 7) is 7.91. The maximum Gasteiger partial charge on any atom is 0.203 e. The van der Waals surface area contributed by atoms with Crippen molar-refractivity contribution in [3.8, 4) is 67.6 Å². The molecule has 0 N–H and O–H groups in total. The molecule has 0 bridgehead atoms. The predicted molar refractivity (Wildman–Crippen MR) is 221 cm³/mol. The Morgan fingerprint density at radius 1 is 0.607 bits per heavy atom. The molecule has 56 heavy (non-hydrogen) atoms. The van der Waals surface area contributed by atoms with E-state index >= 15 is 0 Å². The molecule has 2 aromatic heterocycles. The standard InChI is InChI=1S/C44H50N4O7S/c1-49-37-17-16-31(38-30-36(46-55-38)33-28-40(50-2)43(52-4)41(29-33)51-3)27-39(37)54-25-10-8-19-48-22-20-47(21-23-48)18-7-9-24-53-34-13-11-12-32(26-34)44-45-35-14-5-6-15-42(35)56-44/h5-6,11-17,26-30H,7-10,18-25H2,1-4H3. The number of ether oxygens (including phenoxy) is 6. The molecule has 11 nitrogen and oxygen atoms in total. The lowest BCUT2D eigenvalue weighted by Gasteiger charge is -2.34. The van der Waals surface area contributed by atoms with Gasteiger partial charge >= 0.3 is 0 Å². The Balaban J connectivity index is 0.800. The Bertz CT molecular complexity index is 2120. The predicted octanol–water partition coefficient (Wildman–Crippen LogP) is 8.96. The highest BCUT2D eigenvalue weighted by Gasteiger charge is 2.19. The number of aromatic nitrogens is 2. The number of nitrogens with zero attached hydrogens (tertiary/aromatic N) is 4. The van der Waals surface area contributed by atoms with Crippen LogP contribution >= 0.6 is 11.3 Å². The van der Waals surface area contributed by atoms with Gasteiger partial charge in [-0.25, -0.2) is 4.98 Å². The van der Waals surface area contributed by atoms with E-state index in [2.05, 4.69) is 51.4 Å². The van der Waals surface area contributed by atoms with Crippen molar-refractivity contribution < 1.29 is 32.9 Å². The Hall–Kier alpha value is -5.30. The first-order valence-electron chi connectivity index (χ1n) is 19.2. The van der Waals surface area contributed by atoms with Crippen LogP contribution in [0.3, 0.4) is 0 Å². The number of rotatable bonds is 19. The maximum atomic E-state index is 6.23. The van der Waals surface area contributed by atoms with Crippen LogP contribution in [0.5, 0.6) is 34.5 Å². The minimum atomic E-state index is 0.520. The van der Waals surface area contributed by atoms with Gasteiger partial charge in [0.05, 0.1) is 51.9 Å². The molecule has 0 unspecified atom stereocenters. The van der Waals surface area contributed by atoms with Crippen LogP contribution in [0.15, 0.2) is 89.5 Å². The number of piperazine rings is 1. The SMILES string of the molecule is COc1ccc(-c2cc(-c3cc(OC)c(OC)c(OC)c3)no2)cc1OCCCCN1CCN(CCCCOc2cccc(-c3nc4ccccc4s3)c2)CC1. The molecule has 0 radical (unpaired) electrons. The van der Waals surface area contributed by atoms with Gasteiger partial charge in [-0.2, -0.15) is 0 Å². The van der Waals surface area contributed by atoms with Gasteiger partial charge in [0.25, 0.3) is 0 Å². The fourth-order valence-electron chi connectivity index (χ4n) is 6.92. The molecule has 3 heterocycles. The average molecular weight is 779 g/mol. The van der Waals surface area contributed by atoms with Crippen molar-refractivity contribution in [3.05, 3.63) is 84.9 Å². The number of benzene rings is 4. The molecule has 4 aromatic carbocycles. The van der Waals surface area contributed by atoms with E-state index in [1.165, 1.54) is 4.70 Å². The quantitative estimate of drug-likeness (QED) is 0.0737. The van der Waals surface area contributed by atoms with Crippen LogP contribution in [-0.4, -0.2) is 101 Å². The minimum Gasteiger partial charge on any atom is -0.494 e. The van der Waals surface area contributed by atoms with Crippen molar-refractivity contribution in [1.29, 1.82) is 0 Å². The van der Waals surface area contributed by atoms with Gasteiger partial charge < -0.3 is 42.7 Å². The minimum absolute atomic E-state index is 0.520. The van der Waals surface area contributed by atoms with Crippen molar-refractivity contribution in [2.75, 3.05) is 80.9 Å². The molecule has 1 saturated heterocycles. The van der Waals surface area contributed by atoms with Crippen molar-refractivity contribution in [1.82, 2.24) is 19.9 Å². The van der Waals surface area contributed by atoms with Crippen LogP contribution in [0, 0.1) is 0 Å². The molecule has 6 aromatic rings. The number of fused-ring (bicyclic) bond motifs is 1. The number of hydrogen-bond acceptors (Lipinski definition) is 12. The van der Waals surface area contributed by atoms with Crippen LogP contribution < -0.4 is 28.4 Å². The summed E-state index contributed by atoms with van der Waals surface area (Å²) in [6.07, 6.45) is 4.18. The number of thiazole rings is 1. The third-order valence-electron chi connectivity index (χ3n) is 10.0. The first kappa shape index (κ1) is 39.0. The van der Waals surface area contributed by atoms with Gasteiger partial charge in [-0.1, -0.05) is 29.4 Å². The van der Waals surface area contributed by atoms with E-state index < -0.39 is 0 Å². The number of para-hydroxylation sites is 1. The Morgan fingerprint density at radius 2 is 1.29 bits per heavy atom. The lowest BCUT2D eigenvalue weighted by Crippen LogP contribution is -2.46. The fourth-order valence-corrected chi connectivity index (χ4v) is 7.88. The molecule has 7 rings (SSSR count). The van der Waals surface area contributed by atoms with Crippen LogP contribution in [-0.2, 0) is 0 Å². The van der Waals surface area contributed by atoms with E-state index in [4.69, 9.17) is 37.9 Å². The molecular weight excluding hydrogens is 729 g/mol. The van der Waals surface area contributed by atoms with Gasteiger partial charge in [-0.05, 0) is 93.4 Å². The van der Waals surface area contributed by atoms with E-state index in [1.54, 1.807) is 39.8 Å². The van der Waals surface area contributed by atoms with Crippen LogP contribution in [0.2, 0.25) is 0 Å². The zero-order valence-electron chi connectivity index (χ0n) is 32.6. The molecule has 0 amide bonds. The summed E-state index contributed by atoms with van der Waals surface area (Å²) < 4.78 is 41.4. The second kappa shape index (κ2) is 19.0. The molecule has 12 heteroatoms. The normalized spacial score (nSPS) is 13.5. The van der Waals surface area contributed by atoms with E-state index in [1.807, 2.05) is 48.5 Å². The van der Waals surface area contributed by atoms with Crippen molar-refractivity contribution in [2.24, 2.45) is 0 Å². The van der Waals surface area contributed by atoms with Crippen LogP contribution in [0.4, 0.5) is 0 Å². The Labute approximate surface area is 332 Å². The Morgan fingerprint density at radius 3 is 1.96 bits per heavy atom. The summed E-state index contributed by atoms with van der Waals surface area (Å²) in [4.78, 5) is 9.94. The number of hydrogen-bond donors (Lipinski definition) is 0. The smallest absolute Gasteiger partial charge is 0.203 e. The lowest BCUT2D eigenvalue weighted by molar-refractivity contribution is 0.126. The molecule has 0 aliphatic carbocycles. The molecule has 1 aliphatic rings. The van der Waals surface area contributed by atoms with Gasteiger partial charge in [0, 0.05) is 48.9 Å². The molecule has 0 saturated carbocycles. The number of unbranched alkanes of at least 4 members (excludes halogenated alkanes) is 2. The zero-order chi connectivity index (χ0) is 38.7. The first-order valence-corrected chi connectivity index (χ1v) is 20.0. The largest absolute Gasteiger partial charge is 0.494 e. The van der Waals surface area contributed by atoms with Gasteiger partial charge in [0.1, 0.15) is 16.5 Å². The van der Waals surface area contributed by atoms with E-state index in [0.717, 1.165) is 105 Å². The highest BCUT2D eigenvalue weighted by molar-refractivity contribution is 7.21. The van der Waals surface area contributed by atoms with Crippen LogP contribution in [0.1, 0.15) is 25.7 Å². The van der Waals surface area contributed by atoms with E-state index in [0.29, 0.717) is 46.8 Å². The van der Waals surface area contributed by atoms with Crippen molar-refractivity contribution in [2.45, 2.75) is 25.7 Å². The second-order valence-corrected chi connectivity index (χ2v) is 14.7. The fraction of sp³-hybridized carbons (Fsp3) is 0.364. The summed E-state index contributed by atoms with van der Waals surface area (Å²) in [5.74, 6) is 4.47. The molecule has 1 fully saturated rings. The summed E-state index contributed by atoms with van der Waals surface area (Å²) in [5.41, 5.74) is 4.41. The topological polar surface area (TPSA) is 101 Å². The average Bonchev–Trinajstić information content (AvgIpc) is 3.92. The van der Waals surface area contributed by atoms with Crippen molar-refractivity contribution in [3.63, 3.8) is 0 Å². The van der Waals surface area contributed by atoms with Gasteiger partial charge in [-0.15, -0.1) is 11.3 Å². The molecule has 294 valence electrons. The van der Waals surface area contributed by atoms with Gasteiger partial charge in [0.2, 0.25) is 5.75 Å². The summed E-state index contributed by atoms with van der Waals surface area (Å²) in [6, 6.07) is 27.9. The van der Waals surface area contributed by atoms with Crippen LogP contribution in [0.25, 0.3) is 43.4 Å². The molecule has 0 atom stereocenters. The highest BCUT2D eigenvalue weighted by atomic mass is 32.1. The third kappa shape index (κ3) is 9.55.